The smallest absolute Gasteiger partial charge is 0.416 e. The highest BCUT2D eigenvalue weighted by Crippen LogP contribution is 2.44. The molecule has 2 N–H and O–H groups in total. The Morgan fingerprint density at radius 3 is 2.11 bits per heavy atom. The van der Waals surface area contributed by atoms with Crippen LogP contribution >= 0.6 is 0 Å². The van der Waals surface area contributed by atoms with Crippen molar-refractivity contribution >= 4 is 23.7 Å². The van der Waals surface area contributed by atoms with E-state index in [2.05, 4.69) is 15.3 Å². The molecular weight excluding hydrogens is 731 g/mol. The van der Waals surface area contributed by atoms with Crippen LogP contribution in [0.3, 0.4) is 0 Å². The maximum absolute atomic E-state index is 13.9. The van der Waals surface area contributed by atoms with Gasteiger partial charge in [0.1, 0.15) is 12.7 Å². The molecule has 0 bridgehead atoms. The number of nitrogens with zero attached hydrogens (tertiary/aromatic N) is 3. The Balaban J connectivity index is 1.77. The normalized spacial score (nSPS) is 17.5. The SMILES string of the molecule is CC[C@@H]1C[C@H](Nc2ncc(OCCOC)c(Cc3cc(C(F)(F)F)cc(C(F)(F)F)c3)n2)c2cc(C(F)(F)F)ccc2N1C(=O)OC(C)C(C)C(=O)O. The fourth-order valence-electron chi connectivity index (χ4n) is 5.61. The molecule has 290 valence electrons. The largest absolute Gasteiger partial charge is 0.488 e. The molecule has 19 heteroatoms. The maximum atomic E-state index is 13.9. The summed E-state index contributed by atoms with van der Waals surface area (Å²) in [6.07, 6.45) is -16.4. The number of carboxylic acid groups (broad SMARTS) is 1. The lowest BCUT2D eigenvalue weighted by molar-refractivity contribution is -0.145. The standard InChI is InChI=1S/C34H35F9N4O6/c1-5-23-15-25(24-14-20(32(35,36)37)6-7-27(24)47(23)31(50)53-18(3)17(2)29(48)49)45-30-44-16-28(52-9-8-51-4)26(46-30)12-19-10-21(33(38,39)40)13-22(11-19)34(41,42)43/h6-7,10-11,13-14,16-18,23,25H,5,8-9,12,15H2,1-4H3,(H,48,49)(H,44,45,46)/t17?,18?,23-,25+/m1/s1. The molecule has 2 unspecified atom stereocenters. The summed E-state index contributed by atoms with van der Waals surface area (Å²) in [4.78, 5) is 34.5. The second-order valence-corrected chi connectivity index (χ2v) is 12.3. The lowest BCUT2D eigenvalue weighted by atomic mass is 9.89. The number of methoxy groups -OCH3 is 1. The van der Waals surface area contributed by atoms with E-state index in [9.17, 15) is 54.2 Å². The van der Waals surface area contributed by atoms with Crippen molar-refractivity contribution in [2.24, 2.45) is 5.92 Å². The van der Waals surface area contributed by atoms with Crippen LogP contribution in [-0.4, -0.2) is 59.6 Å². The maximum Gasteiger partial charge on any atom is 0.416 e. The van der Waals surface area contributed by atoms with Crippen LogP contribution in [0.4, 0.5) is 55.9 Å². The number of hydrogen-bond donors (Lipinski definition) is 2. The fourth-order valence-corrected chi connectivity index (χ4v) is 5.61. The number of alkyl halides is 9. The average molecular weight is 767 g/mol. The van der Waals surface area contributed by atoms with Crippen LogP contribution in [0.1, 0.15) is 73.2 Å². The van der Waals surface area contributed by atoms with Crippen molar-refractivity contribution in [1.82, 2.24) is 9.97 Å². The Hall–Kier alpha value is -4.81. The van der Waals surface area contributed by atoms with Crippen molar-refractivity contribution in [3.63, 3.8) is 0 Å². The number of aromatic nitrogens is 2. The Morgan fingerprint density at radius 2 is 1.57 bits per heavy atom. The molecule has 1 aromatic heterocycles. The Morgan fingerprint density at radius 1 is 0.943 bits per heavy atom. The minimum absolute atomic E-state index is 0.0113. The number of carboxylic acids is 1. The number of carbonyl (C=O) groups excluding carboxylic acids is 1. The van der Waals surface area contributed by atoms with Gasteiger partial charge in [0, 0.05) is 19.6 Å². The molecule has 3 aromatic rings. The highest BCUT2D eigenvalue weighted by Gasteiger charge is 2.41. The Bertz CT molecular complexity index is 1750. The number of halogens is 9. The second-order valence-electron chi connectivity index (χ2n) is 12.3. The summed E-state index contributed by atoms with van der Waals surface area (Å²) in [5.41, 5.74) is -4.75. The Kier molecular flexibility index (Phi) is 12.4. The molecule has 0 saturated carbocycles. The molecule has 2 heterocycles. The van der Waals surface area contributed by atoms with Gasteiger partial charge < -0.3 is 24.6 Å². The average Bonchev–Trinajstić information content (AvgIpc) is 3.07. The Labute approximate surface area is 297 Å². The van der Waals surface area contributed by atoms with E-state index < -0.39 is 83.4 Å². The summed E-state index contributed by atoms with van der Waals surface area (Å²) in [6.45, 7) is 4.33. The molecule has 53 heavy (non-hydrogen) atoms. The minimum atomic E-state index is -5.11. The summed E-state index contributed by atoms with van der Waals surface area (Å²) in [5.74, 6) is -2.70. The van der Waals surface area contributed by atoms with Gasteiger partial charge in [0.2, 0.25) is 5.95 Å². The van der Waals surface area contributed by atoms with Gasteiger partial charge in [-0.2, -0.15) is 39.5 Å². The summed E-state index contributed by atoms with van der Waals surface area (Å²) in [5, 5.41) is 12.3. The minimum Gasteiger partial charge on any atom is -0.488 e. The molecule has 4 atom stereocenters. The van der Waals surface area contributed by atoms with Gasteiger partial charge >= 0.3 is 30.6 Å². The van der Waals surface area contributed by atoms with Crippen molar-refractivity contribution < 1.29 is 68.4 Å². The van der Waals surface area contributed by atoms with Crippen molar-refractivity contribution in [2.75, 3.05) is 30.5 Å². The number of benzene rings is 2. The van der Waals surface area contributed by atoms with Crippen LogP contribution in [-0.2, 0) is 39.2 Å². The van der Waals surface area contributed by atoms with Gasteiger partial charge in [0.25, 0.3) is 0 Å². The second kappa shape index (κ2) is 16.1. The first-order valence-corrected chi connectivity index (χ1v) is 16.1. The van der Waals surface area contributed by atoms with Gasteiger partial charge in [-0.15, -0.1) is 0 Å². The summed E-state index contributed by atoms with van der Waals surface area (Å²) >= 11 is 0. The number of aliphatic carboxylic acids is 1. The number of nitrogens with one attached hydrogen (secondary N) is 1. The third-order valence-electron chi connectivity index (χ3n) is 8.61. The molecule has 0 spiro atoms. The lowest BCUT2D eigenvalue weighted by Crippen LogP contribution is -2.47. The van der Waals surface area contributed by atoms with E-state index in [0.29, 0.717) is 12.1 Å². The van der Waals surface area contributed by atoms with Crippen LogP contribution < -0.4 is 15.0 Å². The molecule has 1 amide bonds. The highest BCUT2D eigenvalue weighted by molar-refractivity contribution is 5.91. The van der Waals surface area contributed by atoms with Gasteiger partial charge in [-0.05, 0) is 74.2 Å². The molecule has 1 aliphatic heterocycles. The predicted octanol–water partition coefficient (Wildman–Crippen LogP) is 8.54. The first-order valence-electron chi connectivity index (χ1n) is 16.1. The topological polar surface area (TPSA) is 123 Å². The van der Waals surface area contributed by atoms with Gasteiger partial charge in [0.05, 0.1) is 52.8 Å². The highest BCUT2D eigenvalue weighted by atomic mass is 19.4. The van der Waals surface area contributed by atoms with E-state index in [4.69, 9.17) is 14.2 Å². The number of carbonyl (C=O) groups is 2. The molecule has 0 aliphatic carbocycles. The van der Waals surface area contributed by atoms with Crippen LogP contribution in [0, 0.1) is 5.92 Å². The zero-order valence-electron chi connectivity index (χ0n) is 28.6. The van der Waals surface area contributed by atoms with Crippen LogP contribution in [0.5, 0.6) is 5.75 Å². The van der Waals surface area contributed by atoms with Crippen molar-refractivity contribution in [1.29, 1.82) is 0 Å². The van der Waals surface area contributed by atoms with Gasteiger partial charge in [-0.25, -0.2) is 14.8 Å². The van der Waals surface area contributed by atoms with Gasteiger partial charge in [0.15, 0.2) is 5.75 Å². The number of rotatable bonds is 12. The number of anilines is 2. The van der Waals surface area contributed by atoms with Gasteiger partial charge in [-0.3, -0.25) is 9.69 Å². The first-order chi connectivity index (χ1) is 24.6. The fraction of sp³-hybridized carbons (Fsp3) is 0.471. The molecule has 1 aliphatic rings. The van der Waals surface area contributed by atoms with E-state index >= 15 is 0 Å². The molecule has 10 nitrogen and oxygen atoms in total. The molecule has 2 aromatic carbocycles. The van der Waals surface area contributed by atoms with E-state index in [1.807, 2.05) is 0 Å². The number of fused-ring (bicyclic) bond motifs is 1. The van der Waals surface area contributed by atoms with Crippen molar-refractivity contribution in [3.8, 4) is 5.75 Å². The third-order valence-corrected chi connectivity index (χ3v) is 8.61. The molecule has 0 fully saturated rings. The number of hydrogen-bond acceptors (Lipinski definition) is 8. The molecule has 4 rings (SSSR count). The van der Waals surface area contributed by atoms with Gasteiger partial charge in [-0.1, -0.05) is 6.92 Å². The molecular formula is C34H35F9N4O6. The van der Waals surface area contributed by atoms with E-state index in [1.165, 1.54) is 21.0 Å². The van der Waals surface area contributed by atoms with E-state index in [1.54, 1.807) is 6.92 Å². The van der Waals surface area contributed by atoms with Crippen molar-refractivity contribution in [2.45, 2.75) is 76.8 Å². The zero-order chi connectivity index (χ0) is 39.5. The predicted molar refractivity (Wildman–Crippen MR) is 170 cm³/mol. The van der Waals surface area contributed by atoms with Crippen LogP contribution in [0.25, 0.3) is 0 Å². The van der Waals surface area contributed by atoms with E-state index in [0.717, 1.165) is 29.3 Å². The monoisotopic (exact) mass is 766 g/mol. The molecule has 0 radical (unpaired) electrons. The zero-order valence-corrected chi connectivity index (χ0v) is 28.6. The van der Waals surface area contributed by atoms with E-state index in [-0.39, 0.29) is 60.8 Å². The quantitative estimate of drug-likeness (QED) is 0.138. The van der Waals surface area contributed by atoms with Crippen LogP contribution in [0.2, 0.25) is 0 Å². The summed E-state index contributed by atoms with van der Waals surface area (Å²) < 4.78 is 139. The van der Waals surface area contributed by atoms with Crippen molar-refractivity contribution in [3.05, 3.63) is 76.1 Å². The summed E-state index contributed by atoms with van der Waals surface area (Å²) in [6, 6.07) is 1.99. The first kappa shape index (κ1) is 41.0. The number of amides is 1. The summed E-state index contributed by atoms with van der Waals surface area (Å²) in [7, 11) is 1.36. The van der Waals surface area contributed by atoms with Crippen LogP contribution in [0.15, 0.2) is 42.6 Å². The molecule has 0 saturated heterocycles. The lowest BCUT2D eigenvalue weighted by Gasteiger charge is -2.41. The number of ether oxygens (including phenoxy) is 3. The third kappa shape index (κ3) is 10.00.